The van der Waals surface area contributed by atoms with Crippen molar-refractivity contribution in [1.82, 2.24) is 10.3 Å². The molecule has 2 fully saturated rings. The minimum atomic E-state index is 0. The van der Waals surface area contributed by atoms with Crippen LogP contribution in [0.1, 0.15) is 37.5 Å². The van der Waals surface area contributed by atoms with Crippen LogP contribution in [0.2, 0.25) is 0 Å². The van der Waals surface area contributed by atoms with Gasteiger partial charge in [-0.15, -0.1) is 23.7 Å². The van der Waals surface area contributed by atoms with Crippen molar-refractivity contribution in [3.8, 4) is 0 Å². The monoisotopic (exact) mass is 287 g/mol. The highest BCUT2D eigenvalue weighted by Gasteiger charge is 2.41. The third-order valence-electron chi connectivity index (χ3n) is 4.60. The molecule has 2 bridgehead atoms. The molecule has 5 heteroatoms. The fourth-order valence-electron chi connectivity index (χ4n) is 3.72. The van der Waals surface area contributed by atoms with E-state index < -0.39 is 0 Å². The van der Waals surface area contributed by atoms with Gasteiger partial charge < -0.3 is 11.1 Å². The zero-order chi connectivity index (χ0) is 11.8. The van der Waals surface area contributed by atoms with Gasteiger partial charge in [-0.3, -0.25) is 0 Å². The van der Waals surface area contributed by atoms with Crippen LogP contribution in [0.3, 0.4) is 0 Å². The van der Waals surface area contributed by atoms with Crippen molar-refractivity contribution >= 4 is 28.9 Å². The molecule has 18 heavy (non-hydrogen) atoms. The first-order valence-corrected chi connectivity index (χ1v) is 7.47. The van der Waals surface area contributed by atoms with Gasteiger partial charge in [0.1, 0.15) is 0 Å². The van der Waals surface area contributed by atoms with Crippen LogP contribution in [0.5, 0.6) is 0 Å². The lowest BCUT2D eigenvalue weighted by Gasteiger charge is -2.28. The molecule has 3 nitrogen and oxygen atoms in total. The number of thiazole rings is 1. The topological polar surface area (TPSA) is 50.9 Å². The molecule has 0 spiro atoms. The summed E-state index contributed by atoms with van der Waals surface area (Å²) in [5, 5.41) is 4.33. The number of hydrogen-bond donors (Lipinski definition) is 2. The first kappa shape index (κ1) is 14.1. The Morgan fingerprint density at radius 1 is 1.50 bits per heavy atom. The maximum atomic E-state index is 5.64. The molecule has 2 saturated carbocycles. The highest BCUT2D eigenvalue weighted by Crippen LogP contribution is 2.49. The number of halogens is 1. The summed E-state index contributed by atoms with van der Waals surface area (Å²) < 4.78 is 0. The molecule has 1 aromatic heterocycles. The standard InChI is InChI=1S/C13H21N3S.ClH/c1-8(12-5-9-2-3-10(12)4-9)15-6-11-7-16-13(14)17-11;/h7-10,12,15H,2-6H2,1H3,(H2,14,16);1H. The van der Waals surface area contributed by atoms with Crippen LogP contribution in [0.25, 0.3) is 0 Å². The van der Waals surface area contributed by atoms with Gasteiger partial charge in [-0.25, -0.2) is 4.98 Å². The largest absolute Gasteiger partial charge is 0.375 e. The molecule has 0 amide bonds. The van der Waals surface area contributed by atoms with Crippen molar-refractivity contribution in [2.75, 3.05) is 5.73 Å². The van der Waals surface area contributed by atoms with Gasteiger partial charge in [-0.2, -0.15) is 0 Å². The van der Waals surface area contributed by atoms with E-state index in [1.165, 1.54) is 30.6 Å². The molecule has 4 unspecified atom stereocenters. The fourth-order valence-corrected chi connectivity index (χ4v) is 4.36. The number of fused-ring (bicyclic) bond motifs is 2. The zero-order valence-corrected chi connectivity index (χ0v) is 12.4. The maximum Gasteiger partial charge on any atom is 0.180 e. The molecule has 1 heterocycles. The number of nitrogens with zero attached hydrogens (tertiary/aromatic N) is 1. The first-order chi connectivity index (χ1) is 8.22. The van der Waals surface area contributed by atoms with Crippen molar-refractivity contribution in [3.63, 3.8) is 0 Å². The molecule has 102 valence electrons. The molecule has 0 saturated heterocycles. The molecule has 2 aliphatic carbocycles. The van der Waals surface area contributed by atoms with Crippen LogP contribution in [-0.2, 0) is 6.54 Å². The van der Waals surface area contributed by atoms with E-state index in [-0.39, 0.29) is 12.4 Å². The van der Waals surface area contributed by atoms with Gasteiger partial charge in [-0.1, -0.05) is 6.42 Å². The third kappa shape index (κ3) is 2.81. The van der Waals surface area contributed by atoms with E-state index in [4.69, 9.17) is 5.73 Å². The number of hydrogen-bond acceptors (Lipinski definition) is 4. The normalized spacial score (nSPS) is 31.3. The number of nitrogens with one attached hydrogen (secondary N) is 1. The quantitative estimate of drug-likeness (QED) is 0.895. The molecule has 0 radical (unpaired) electrons. The van der Waals surface area contributed by atoms with Crippen LogP contribution in [-0.4, -0.2) is 11.0 Å². The van der Waals surface area contributed by atoms with Gasteiger partial charge in [-0.05, 0) is 43.9 Å². The summed E-state index contributed by atoms with van der Waals surface area (Å²) in [5.41, 5.74) is 5.64. The number of rotatable bonds is 4. The van der Waals surface area contributed by atoms with Gasteiger partial charge in [0.15, 0.2) is 5.13 Å². The smallest absolute Gasteiger partial charge is 0.180 e. The van der Waals surface area contributed by atoms with Crippen molar-refractivity contribution < 1.29 is 0 Å². The molecule has 3 N–H and O–H groups in total. The van der Waals surface area contributed by atoms with E-state index in [0.29, 0.717) is 11.2 Å². The van der Waals surface area contributed by atoms with Gasteiger partial charge >= 0.3 is 0 Å². The second-order valence-electron chi connectivity index (χ2n) is 5.67. The molecule has 0 aromatic carbocycles. The van der Waals surface area contributed by atoms with Gasteiger partial charge in [0.05, 0.1) is 0 Å². The minimum Gasteiger partial charge on any atom is -0.375 e. The molecule has 3 rings (SSSR count). The number of nitrogens with two attached hydrogens (primary N) is 1. The lowest BCUT2D eigenvalue weighted by molar-refractivity contribution is 0.260. The van der Waals surface area contributed by atoms with E-state index in [2.05, 4.69) is 17.2 Å². The van der Waals surface area contributed by atoms with Gasteiger partial charge in [0.25, 0.3) is 0 Å². The Labute approximate surface area is 119 Å². The Kier molecular flexibility index (Phi) is 4.51. The maximum absolute atomic E-state index is 5.64. The summed E-state index contributed by atoms with van der Waals surface area (Å²) in [5.74, 6) is 2.93. The van der Waals surface area contributed by atoms with Crippen molar-refractivity contribution in [2.24, 2.45) is 17.8 Å². The Bertz CT molecular complexity index is 395. The molecular weight excluding hydrogens is 266 g/mol. The van der Waals surface area contributed by atoms with Gasteiger partial charge in [0.2, 0.25) is 0 Å². The summed E-state index contributed by atoms with van der Waals surface area (Å²) in [6.07, 6.45) is 7.78. The average Bonchev–Trinajstić information content (AvgIpc) is 3.01. The molecular formula is C13H22ClN3S. The molecule has 2 aliphatic rings. The van der Waals surface area contributed by atoms with E-state index in [1.54, 1.807) is 11.3 Å². The van der Waals surface area contributed by atoms with Crippen LogP contribution >= 0.6 is 23.7 Å². The predicted molar refractivity (Wildman–Crippen MR) is 79.0 cm³/mol. The van der Waals surface area contributed by atoms with Crippen LogP contribution in [0, 0.1) is 17.8 Å². The minimum absolute atomic E-state index is 0. The number of nitrogen functional groups attached to an aromatic ring is 1. The predicted octanol–water partition coefficient (Wildman–Crippen LogP) is 3.06. The second-order valence-corrected chi connectivity index (χ2v) is 6.82. The van der Waals surface area contributed by atoms with Gasteiger partial charge in [0, 0.05) is 23.7 Å². The van der Waals surface area contributed by atoms with Crippen molar-refractivity contribution in [2.45, 2.75) is 45.2 Å². The highest BCUT2D eigenvalue weighted by molar-refractivity contribution is 7.15. The highest BCUT2D eigenvalue weighted by atomic mass is 35.5. The van der Waals surface area contributed by atoms with Crippen LogP contribution in [0.15, 0.2) is 6.20 Å². The summed E-state index contributed by atoms with van der Waals surface area (Å²) >= 11 is 1.59. The Morgan fingerprint density at radius 3 is 2.89 bits per heavy atom. The molecule has 1 aromatic rings. The van der Waals surface area contributed by atoms with E-state index in [9.17, 15) is 0 Å². The number of anilines is 1. The zero-order valence-electron chi connectivity index (χ0n) is 10.8. The first-order valence-electron chi connectivity index (χ1n) is 6.66. The summed E-state index contributed by atoms with van der Waals surface area (Å²) in [6, 6.07) is 0.633. The average molecular weight is 288 g/mol. The number of aromatic nitrogens is 1. The van der Waals surface area contributed by atoms with Crippen molar-refractivity contribution in [3.05, 3.63) is 11.1 Å². The fraction of sp³-hybridized carbons (Fsp3) is 0.769. The SMILES string of the molecule is CC(NCc1cnc(N)s1)C1CC2CCC1C2.Cl. The summed E-state index contributed by atoms with van der Waals surface area (Å²) in [4.78, 5) is 5.33. The molecule has 0 aliphatic heterocycles. The van der Waals surface area contributed by atoms with E-state index in [0.717, 1.165) is 24.3 Å². The van der Waals surface area contributed by atoms with Crippen LogP contribution in [0.4, 0.5) is 5.13 Å². The summed E-state index contributed by atoms with van der Waals surface area (Å²) in [6.45, 7) is 3.26. The Morgan fingerprint density at radius 2 is 2.33 bits per heavy atom. The van der Waals surface area contributed by atoms with Crippen LogP contribution < -0.4 is 11.1 Å². The lowest BCUT2D eigenvalue weighted by Crippen LogP contribution is -2.35. The second kappa shape index (κ2) is 5.76. The van der Waals surface area contributed by atoms with E-state index >= 15 is 0 Å². The Balaban J connectivity index is 0.00000120. The summed E-state index contributed by atoms with van der Waals surface area (Å²) in [7, 11) is 0. The van der Waals surface area contributed by atoms with Crippen molar-refractivity contribution in [1.29, 1.82) is 0 Å². The Hall–Kier alpha value is -0.320. The lowest BCUT2D eigenvalue weighted by atomic mass is 9.84. The third-order valence-corrected chi connectivity index (χ3v) is 5.43. The van der Waals surface area contributed by atoms with E-state index in [1.807, 2.05) is 6.20 Å². The molecule has 4 atom stereocenters.